The summed E-state index contributed by atoms with van der Waals surface area (Å²) in [7, 11) is 0. The molecule has 0 unspecified atom stereocenters. The number of hydrogen-bond donors (Lipinski definition) is 2. The highest BCUT2D eigenvalue weighted by Gasteiger charge is 1.90. The Labute approximate surface area is 71.3 Å². The van der Waals surface area contributed by atoms with Crippen molar-refractivity contribution in [3.63, 3.8) is 0 Å². The van der Waals surface area contributed by atoms with Crippen LogP contribution in [0.4, 0.5) is 5.69 Å². The van der Waals surface area contributed by atoms with Crippen molar-refractivity contribution in [3.8, 4) is 11.8 Å². The van der Waals surface area contributed by atoms with Crippen molar-refractivity contribution < 1.29 is 5.11 Å². The molecule has 0 aliphatic rings. The summed E-state index contributed by atoms with van der Waals surface area (Å²) in [5.41, 5.74) is 0.919. The third-order valence-electron chi connectivity index (χ3n) is 1.43. The van der Waals surface area contributed by atoms with E-state index in [4.69, 9.17) is 10.4 Å². The number of nitrogens with one attached hydrogen (secondary N) is 1. The van der Waals surface area contributed by atoms with Crippen LogP contribution in [0.5, 0.6) is 5.75 Å². The number of aromatic hydroxyl groups is 1. The quantitative estimate of drug-likeness (QED) is 0.525. The highest BCUT2D eigenvalue weighted by atomic mass is 16.3. The first kappa shape index (κ1) is 8.41. The predicted octanol–water partition coefficient (Wildman–Crippen LogP) is 1.72. The Balaban J connectivity index is 2.43. The molecule has 0 spiro atoms. The average Bonchev–Trinajstić information content (AvgIpc) is 2.09. The molecule has 3 nitrogen and oxygen atoms in total. The molecule has 0 aliphatic heterocycles. The SMILES string of the molecule is N#CCCNc1ccc(O)cc1. The van der Waals surface area contributed by atoms with Gasteiger partial charge in [0.25, 0.3) is 0 Å². The van der Waals surface area contributed by atoms with Gasteiger partial charge in [0, 0.05) is 12.2 Å². The summed E-state index contributed by atoms with van der Waals surface area (Å²) in [6, 6.07) is 8.79. The van der Waals surface area contributed by atoms with Crippen LogP contribution in [0.1, 0.15) is 6.42 Å². The number of nitrogens with zero attached hydrogens (tertiary/aromatic N) is 1. The molecule has 3 heteroatoms. The molecule has 1 aromatic carbocycles. The van der Waals surface area contributed by atoms with Crippen LogP contribution in [0.25, 0.3) is 0 Å². The lowest BCUT2D eigenvalue weighted by molar-refractivity contribution is 0.475. The number of hydrogen-bond acceptors (Lipinski definition) is 3. The Morgan fingerprint density at radius 1 is 1.33 bits per heavy atom. The van der Waals surface area contributed by atoms with Crippen LogP contribution in [0.3, 0.4) is 0 Å². The van der Waals surface area contributed by atoms with E-state index in [0.29, 0.717) is 13.0 Å². The van der Waals surface area contributed by atoms with Gasteiger partial charge in [0.15, 0.2) is 0 Å². The first-order valence-corrected chi connectivity index (χ1v) is 3.73. The minimum atomic E-state index is 0.251. The molecule has 0 aromatic heterocycles. The van der Waals surface area contributed by atoms with E-state index >= 15 is 0 Å². The normalized spacial score (nSPS) is 8.92. The topological polar surface area (TPSA) is 56.0 Å². The van der Waals surface area contributed by atoms with Crippen molar-refractivity contribution in [1.82, 2.24) is 0 Å². The molecule has 0 radical (unpaired) electrons. The zero-order chi connectivity index (χ0) is 8.81. The van der Waals surface area contributed by atoms with Gasteiger partial charge in [-0.2, -0.15) is 5.26 Å². The van der Waals surface area contributed by atoms with E-state index in [-0.39, 0.29) is 5.75 Å². The number of anilines is 1. The Kier molecular flexibility index (Phi) is 2.97. The zero-order valence-electron chi connectivity index (χ0n) is 6.62. The first-order chi connectivity index (χ1) is 5.83. The fourth-order valence-corrected chi connectivity index (χ4v) is 0.842. The third-order valence-corrected chi connectivity index (χ3v) is 1.43. The molecule has 0 amide bonds. The van der Waals surface area contributed by atoms with E-state index in [2.05, 4.69) is 5.32 Å². The Morgan fingerprint density at radius 2 is 2.00 bits per heavy atom. The van der Waals surface area contributed by atoms with Gasteiger partial charge >= 0.3 is 0 Å². The van der Waals surface area contributed by atoms with E-state index in [9.17, 15) is 0 Å². The van der Waals surface area contributed by atoms with Crippen molar-refractivity contribution in [1.29, 1.82) is 5.26 Å². The van der Waals surface area contributed by atoms with Crippen LogP contribution < -0.4 is 5.32 Å². The Bertz CT molecular complexity index is 274. The maximum Gasteiger partial charge on any atom is 0.115 e. The van der Waals surface area contributed by atoms with E-state index in [1.165, 1.54) is 0 Å². The van der Waals surface area contributed by atoms with Gasteiger partial charge in [-0.25, -0.2) is 0 Å². The third kappa shape index (κ3) is 2.51. The van der Waals surface area contributed by atoms with Gasteiger partial charge in [-0.1, -0.05) is 0 Å². The van der Waals surface area contributed by atoms with Crippen LogP contribution in [0, 0.1) is 11.3 Å². The summed E-state index contributed by atoms with van der Waals surface area (Å²) in [5.74, 6) is 0.251. The maximum atomic E-state index is 8.95. The molecule has 0 aliphatic carbocycles. The van der Waals surface area contributed by atoms with E-state index in [1.54, 1.807) is 24.3 Å². The number of benzene rings is 1. The number of phenols is 1. The Hall–Kier alpha value is -1.69. The minimum absolute atomic E-state index is 0.251. The minimum Gasteiger partial charge on any atom is -0.508 e. The lowest BCUT2D eigenvalue weighted by Crippen LogP contribution is -1.99. The van der Waals surface area contributed by atoms with Gasteiger partial charge < -0.3 is 10.4 Å². The molecular formula is C9H10N2O. The van der Waals surface area contributed by atoms with Crippen molar-refractivity contribution in [2.24, 2.45) is 0 Å². The standard InChI is InChI=1S/C9H10N2O/c10-6-1-7-11-8-2-4-9(12)5-3-8/h2-5,11-12H,1,7H2. The van der Waals surface area contributed by atoms with E-state index < -0.39 is 0 Å². The second-order valence-corrected chi connectivity index (χ2v) is 2.38. The first-order valence-electron chi connectivity index (χ1n) is 3.73. The fraction of sp³-hybridized carbons (Fsp3) is 0.222. The lowest BCUT2D eigenvalue weighted by atomic mass is 10.3. The summed E-state index contributed by atoms with van der Waals surface area (Å²) in [6.07, 6.45) is 0.487. The second-order valence-electron chi connectivity index (χ2n) is 2.38. The average molecular weight is 162 g/mol. The van der Waals surface area contributed by atoms with Gasteiger partial charge in [-0.15, -0.1) is 0 Å². The van der Waals surface area contributed by atoms with Crippen molar-refractivity contribution in [2.45, 2.75) is 6.42 Å². The van der Waals surface area contributed by atoms with Crippen LogP contribution in [0.2, 0.25) is 0 Å². The van der Waals surface area contributed by atoms with Crippen molar-refractivity contribution in [2.75, 3.05) is 11.9 Å². The molecule has 1 rings (SSSR count). The zero-order valence-corrected chi connectivity index (χ0v) is 6.62. The highest BCUT2D eigenvalue weighted by molar-refractivity contribution is 5.45. The van der Waals surface area contributed by atoms with Crippen LogP contribution >= 0.6 is 0 Å². The van der Waals surface area contributed by atoms with Gasteiger partial charge in [0.1, 0.15) is 5.75 Å². The van der Waals surface area contributed by atoms with Crippen LogP contribution in [-0.4, -0.2) is 11.7 Å². The van der Waals surface area contributed by atoms with Crippen LogP contribution in [-0.2, 0) is 0 Å². The summed E-state index contributed by atoms with van der Waals surface area (Å²) in [5, 5.41) is 20.2. The molecule has 2 N–H and O–H groups in total. The van der Waals surface area contributed by atoms with Gasteiger partial charge in [0.05, 0.1) is 12.5 Å². The monoisotopic (exact) mass is 162 g/mol. The van der Waals surface area contributed by atoms with Crippen molar-refractivity contribution >= 4 is 5.69 Å². The highest BCUT2D eigenvalue weighted by Crippen LogP contribution is 2.13. The molecule has 0 saturated carbocycles. The summed E-state index contributed by atoms with van der Waals surface area (Å²) in [6.45, 7) is 0.640. The smallest absolute Gasteiger partial charge is 0.115 e. The second kappa shape index (κ2) is 4.24. The lowest BCUT2D eigenvalue weighted by Gasteiger charge is -2.02. The fourth-order valence-electron chi connectivity index (χ4n) is 0.842. The molecule has 12 heavy (non-hydrogen) atoms. The molecule has 0 bridgehead atoms. The number of rotatable bonds is 3. The number of phenolic OH excluding ortho intramolecular Hbond substituents is 1. The molecule has 0 atom stereocenters. The molecule has 0 fully saturated rings. The Morgan fingerprint density at radius 3 is 2.58 bits per heavy atom. The molecule has 62 valence electrons. The summed E-state index contributed by atoms with van der Waals surface area (Å²) >= 11 is 0. The van der Waals surface area contributed by atoms with E-state index in [1.807, 2.05) is 6.07 Å². The largest absolute Gasteiger partial charge is 0.508 e. The molecule has 0 heterocycles. The van der Waals surface area contributed by atoms with Crippen LogP contribution in [0.15, 0.2) is 24.3 Å². The van der Waals surface area contributed by atoms with Crippen molar-refractivity contribution in [3.05, 3.63) is 24.3 Å². The summed E-state index contributed by atoms with van der Waals surface area (Å²) < 4.78 is 0. The van der Waals surface area contributed by atoms with Gasteiger partial charge in [-0.05, 0) is 24.3 Å². The number of nitriles is 1. The summed E-state index contributed by atoms with van der Waals surface area (Å²) in [4.78, 5) is 0. The van der Waals surface area contributed by atoms with E-state index in [0.717, 1.165) is 5.69 Å². The predicted molar refractivity (Wildman–Crippen MR) is 46.8 cm³/mol. The molecule has 1 aromatic rings. The van der Waals surface area contributed by atoms with Gasteiger partial charge in [-0.3, -0.25) is 0 Å². The molecular weight excluding hydrogens is 152 g/mol. The molecule has 0 saturated heterocycles. The van der Waals surface area contributed by atoms with Gasteiger partial charge in [0.2, 0.25) is 0 Å². The maximum absolute atomic E-state index is 8.95.